The maximum Gasteiger partial charge on any atom is 0.152 e. The standard InChI is InChI=1S/C11H19N5O/c1-17-9-6-14-2-3-16(7-9)11-10(13)4-8(12)5-15-11/h4-5,9,14H,2-3,6-7,12-13H2,1H3. The van der Waals surface area contributed by atoms with E-state index in [4.69, 9.17) is 16.2 Å². The number of ether oxygens (including phenoxy) is 1. The second-order valence-electron chi connectivity index (χ2n) is 4.19. The first-order chi connectivity index (χ1) is 8.20. The third-order valence-corrected chi connectivity index (χ3v) is 2.90. The van der Waals surface area contributed by atoms with E-state index in [1.807, 2.05) is 0 Å². The van der Waals surface area contributed by atoms with Crippen LogP contribution in [0.5, 0.6) is 0 Å². The summed E-state index contributed by atoms with van der Waals surface area (Å²) in [5.41, 5.74) is 12.8. The van der Waals surface area contributed by atoms with Crippen LogP contribution < -0.4 is 21.7 Å². The van der Waals surface area contributed by atoms with Gasteiger partial charge in [-0.05, 0) is 6.07 Å². The molecule has 1 saturated heterocycles. The van der Waals surface area contributed by atoms with Gasteiger partial charge in [0.25, 0.3) is 0 Å². The van der Waals surface area contributed by atoms with Crippen molar-refractivity contribution in [2.24, 2.45) is 0 Å². The van der Waals surface area contributed by atoms with E-state index < -0.39 is 0 Å². The van der Waals surface area contributed by atoms with Crippen LogP contribution >= 0.6 is 0 Å². The van der Waals surface area contributed by atoms with Crippen molar-refractivity contribution in [3.05, 3.63) is 12.3 Å². The fourth-order valence-electron chi connectivity index (χ4n) is 1.98. The summed E-state index contributed by atoms with van der Waals surface area (Å²) in [6.07, 6.45) is 1.78. The van der Waals surface area contributed by atoms with Gasteiger partial charge in [0.2, 0.25) is 0 Å². The van der Waals surface area contributed by atoms with Crippen molar-refractivity contribution in [1.82, 2.24) is 10.3 Å². The molecule has 5 N–H and O–H groups in total. The summed E-state index contributed by atoms with van der Waals surface area (Å²) >= 11 is 0. The van der Waals surface area contributed by atoms with Gasteiger partial charge in [-0.1, -0.05) is 0 Å². The molecule has 1 atom stereocenters. The average molecular weight is 237 g/mol. The van der Waals surface area contributed by atoms with Crippen LogP contribution in [0.3, 0.4) is 0 Å². The zero-order valence-electron chi connectivity index (χ0n) is 10.0. The Bertz CT molecular complexity index is 384. The predicted octanol–water partition coefficient (Wildman–Crippen LogP) is -0.329. The third kappa shape index (κ3) is 2.78. The number of hydrogen-bond donors (Lipinski definition) is 3. The van der Waals surface area contributed by atoms with Gasteiger partial charge in [-0.25, -0.2) is 4.98 Å². The molecule has 1 aliphatic heterocycles. The molecule has 1 aliphatic rings. The zero-order chi connectivity index (χ0) is 12.3. The Morgan fingerprint density at radius 1 is 1.53 bits per heavy atom. The van der Waals surface area contributed by atoms with Crippen molar-refractivity contribution >= 4 is 17.2 Å². The first kappa shape index (κ1) is 11.9. The number of rotatable bonds is 2. The Balaban J connectivity index is 2.19. The SMILES string of the molecule is COC1CNCCN(c2ncc(N)cc2N)C1. The number of nitrogens with zero attached hydrogens (tertiary/aromatic N) is 2. The topological polar surface area (TPSA) is 89.4 Å². The second-order valence-corrected chi connectivity index (χ2v) is 4.19. The lowest BCUT2D eigenvalue weighted by Gasteiger charge is -2.25. The molecule has 17 heavy (non-hydrogen) atoms. The fourth-order valence-corrected chi connectivity index (χ4v) is 1.98. The third-order valence-electron chi connectivity index (χ3n) is 2.90. The summed E-state index contributed by atoms with van der Waals surface area (Å²) in [5, 5.41) is 3.32. The Labute approximate surface area is 101 Å². The van der Waals surface area contributed by atoms with Gasteiger partial charge in [0.05, 0.1) is 23.7 Å². The van der Waals surface area contributed by atoms with Crippen LogP contribution in [0, 0.1) is 0 Å². The van der Waals surface area contributed by atoms with Crippen LogP contribution in [0.4, 0.5) is 17.2 Å². The van der Waals surface area contributed by atoms with E-state index in [9.17, 15) is 0 Å². The van der Waals surface area contributed by atoms with Crippen LogP contribution in [0.15, 0.2) is 12.3 Å². The van der Waals surface area contributed by atoms with Crippen molar-refractivity contribution < 1.29 is 4.74 Å². The summed E-state index contributed by atoms with van der Waals surface area (Å²) in [5.74, 6) is 0.782. The lowest BCUT2D eigenvalue weighted by atomic mass is 10.3. The summed E-state index contributed by atoms with van der Waals surface area (Å²) in [6, 6.07) is 1.74. The first-order valence-electron chi connectivity index (χ1n) is 5.70. The molecule has 0 aromatic carbocycles. The van der Waals surface area contributed by atoms with Gasteiger partial charge >= 0.3 is 0 Å². The molecule has 0 amide bonds. The van der Waals surface area contributed by atoms with Crippen LogP contribution in [0.1, 0.15) is 0 Å². The van der Waals surface area contributed by atoms with E-state index in [2.05, 4.69) is 15.2 Å². The molecule has 94 valence electrons. The van der Waals surface area contributed by atoms with E-state index >= 15 is 0 Å². The molecule has 2 rings (SSSR count). The van der Waals surface area contributed by atoms with Gasteiger partial charge < -0.3 is 26.4 Å². The Kier molecular flexibility index (Phi) is 3.65. The minimum Gasteiger partial charge on any atom is -0.397 e. The van der Waals surface area contributed by atoms with Crippen LogP contribution in [-0.2, 0) is 4.74 Å². The smallest absolute Gasteiger partial charge is 0.152 e. The number of nitrogen functional groups attached to an aromatic ring is 2. The molecule has 1 unspecified atom stereocenters. The molecule has 6 nitrogen and oxygen atoms in total. The Morgan fingerprint density at radius 2 is 2.35 bits per heavy atom. The second kappa shape index (κ2) is 5.20. The van der Waals surface area contributed by atoms with E-state index in [0.29, 0.717) is 11.4 Å². The van der Waals surface area contributed by atoms with Gasteiger partial charge in [-0.15, -0.1) is 0 Å². The highest BCUT2D eigenvalue weighted by atomic mass is 16.5. The minimum atomic E-state index is 0.149. The molecule has 0 spiro atoms. The molecule has 1 fully saturated rings. The average Bonchev–Trinajstić information content (AvgIpc) is 2.54. The van der Waals surface area contributed by atoms with Crippen LogP contribution in [0.2, 0.25) is 0 Å². The highest BCUT2D eigenvalue weighted by Crippen LogP contribution is 2.22. The van der Waals surface area contributed by atoms with Crippen molar-refractivity contribution in [2.45, 2.75) is 6.10 Å². The van der Waals surface area contributed by atoms with E-state index in [1.54, 1.807) is 19.4 Å². The largest absolute Gasteiger partial charge is 0.397 e. The van der Waals surface area contributed by atoms with Crippen LogP contribution in [-0.4, -0.2) is 44.4 Å². The monoisotopic (exact) mass is 237 g/mol. The lowest BCUT2D eigenvalue weighted by Crippen LogP contribution is -2.35. The fraction of sp³-hybridized carbons (Fsp3) is 0.545. The summed E-state index contributed by atoms with van der Waals surface area (Å²) < 4.78 is 5.39. The van der Waals surface area contributed by atoms with E-state index in [-0.39, 0.29) is 6.10 Å². The summed E-state index contributed by atoms with van der Waals surface area (Å²) in [4.78, 5) is 6.43. The van der Waals surface area contributed by atoms with Crippen molar-refractivity contribution in [3.8, 4) is 0 Å². The molecular formula is C11H19N5O. The molecule has 0 radical (unpaired) electrons. The molecule has 0 bridgehead atoms. The number of nitrogens with two attached hydrogens (primary N) is 2. The molecular weight excluding hydrogens is 218 g/mol. The van der Waals surface area contributed by atoms with Crippen LogP contribution in [0.25, 0.3) is 0 Å². The van der Waals surface area contributed by atoms with Gasteiger partial charge in [-0.2, -0.15) is 0 Å². The molecule has 1 aromatic rings. The molecule has 2 heterocycles. The number of hydrogen-bond acceptors (Lipinski definition) is 6. The predicted molar refractivity (Wildman–Crippen MR) is 68.9 cm³/mol. The number of nitrogens with one attached hydrogen (secondary N) is 1. The highest BCUT2D eigenvalue weighted by molar-refractivity contribution is 5.67. The molecule has 0 saturated carbocycles. The van der Waals surface area contributed by atoms with Gasteiger partial charge in [0, 0.05) is 33.3 Å². The highest BCUT2D eigenvalue weighted by Gasteiger charge is 2.20. The lowest BCUT2D eigenvalue weighted by molar-refractivity contribution is 0.112. The van der Waals surface area contributed by atoms with E-state index in [0.717, 1.165) is 32.0 Å². The quantitative estimate of drug-likeness (QED) is 0.652. The molecule has 6 heteroatoms. The molecule has 0 aliphatic carbocycles. The van der Waals surface area contributed by atoms with E-state index in [1.165, 1.54) is 0 Å². The number of aromatic nitrogens is 1. The summed E-state index contributed by atoms with van der Waals surface area (Å²) in [7, 11) is 1.72. The number of methoxy groups -OCH3 is 1. The number of anilines is 3. The van der Waals surface area contributed by atoms with Crippen molar-refractivity contribution in [3.63, 3.8) is 0 Å². The summed E-state index contributed by atoms with van der Waals surface area (Å²) in [6.45, 7) is 3.39. The van der Waals surface area contributed by atoms with Gasteiger partial charge in [0.1, 0.15) is 0 Å². The molecule has 1 aromatic heterocycles. The number of pyridine rings is 1. The van der Waals surface area contributed by atoms with Gasteiger partial charge in [-0.3, -0.25) is 0 Å². The zero-order valence-corrected chi connectivity index (χ0v) is 10.0. The first-order valence-corrected chi connectivity index (χ1v) is 5.70. The van der Waals surface area contributed by atoms with Crippen molar-refractivity contribution in [2.75, 3.05) is 49.7 Å². The Hall–Kier alpha value is -1.53. The van der Waals surface area contributed by atoms with Crippen molar-refractivity contribution in [1.29, 1.82) is 0 Å². The maximum atomic E-state index is 5.94. The minimum absolute atomic E-state index is 0.149. The Morgan fingerprint density at radius 3 is 3.06 bits per heavy atom. The maximum absolute atomic E-state index is 5.94. The van der Waals surface area contributed by atoms with Gasteiger partial charge in [0.15, 0.2) is 5.82 Å². The normalized spacial score (nSPS) is 21.2.